The van der Waals surface area contributed by atoms with Crippen molar-refractivity contribution in [3.8, 4) is 11.5 Å². The third-order valence-corrected chi connectivity index (χ3v) is 5.80. The smallest absolute Gasteiger partial charge is 0.437 e. The molecule has 0 saturated carbocycles. The van der Waals surface area contributed by atoms with Crippen LogP contribution in [0.2, 0.25) is 0 Å². The van der Waals surface area contributed by atoms with E-state index < -0.39 is 11.9 Å². The van der Waals surface area contributed by atoms with Crippen LogP contribution in [0.15, 0.2) is 53.7 Å². The van der Waals surface area contributed by atoms with Gasteiger partial charge in [0.15, 0.2) is 5.71 Å². The second-order valence-corrected chi connectivity index (χ2v) is 8.80. The van der Waals surface area contributed by atoms with Crippen LogP contribution in [-0.4, -0.2) is 32.2 Å². The van der Waals surface area contributed by atoms with Crippen LogP contribution >= 0.6 is 0 Å². The molecule has 7 heteroatoms. The standard InChI is InChI=1S/C29H38F3NO3/c1-5-6-18-35-26-20-22(2)27(23(3)21-26)36-19-12-10-8-7-9-11-13-24-14-16-25(17-15-24)28(33-34-4)29(30,31)32/h5-6,14-17,20-21H,7-13,18-19H2,1-4H3/b6-5+,33-28-. The lowest BCUT2D eigenvalue weighted by Gasteiger charge is -2.14. The highest BCUT2D eigenvalue weighted by atomic mass is 19.4. The molecule has 0 heterocycles. The summed E-state index contributed by atoms with van der Waals surface area (Å²) in [5.74, 6) is 1.80. The number of rotatable bonds is 15. The van der Waals surface area contributed by atoms with Crippen molar-refractivity contribution in [1.82, 2.24) is 0 Å². The Morgan fingerprint density at radius 2 is 1.50 bits per heavy atom. The molecule has 4 nitrogen and oxygen atoms in total. The molecule has 2 aromatic rings. The Bertz CT molecular complexity index is 959. The average Bonchev–Trinajstić information content (AvgIpc) is 2.83. The first-order valence-corrected chi connectivity index (χ1v) is 12.5. The first kappa shape index (κ1) is 29.3. The lowest BCUT2D eigenvalue weighted by Crippen LogP contribution is -2.24. The Labute approximate surface area is 213 Å². The van der Waals surface area contributed by atoms with Crippen LogP contribution in [0.3, 0.4) is 0 Å². The largest absolute Gasteiger partial charge is 0.493 e. The van der Waals surface area contributed by atoms with E-state index in [1.165, 1.54) is 12.1 Å². The summed E-state index contributed by atoms with van der Waals surface area (Å²) >= 11 is 0. The highest BCUT2D eigenvalue weighted by molar-refractivity contribution is 6.04. The first-order valence-electron chi connectivity index (χ1n) is 12.5. The van der Waals surface area contributed by atoms with Gasteiger partial charge in [0.2, 0.25) is 0 Å². The van der Waals surface area contributed by atoms with E-state index in [0.29, 0.717) is 13.2 Å². The van der Waals surface area contributed by atoms with E-state index in [0.717, 1.165) is 80.2 Å². The molecule has 198 valence electrons. The molecule has 0 fully saturated rings. The van der Waals surface area contributed by atoms with E-state index in [1.54, 1.807) is 12.1 Å². The van der Waals surface area contributed by atoms with Crippen LogP contribution in [-0.2, 0) is 11.3 Å². The van der Waals surface area contributed by atoms with Crippen LogP contribution < -0.4 is 9.47 Å². The topological polar surface area (TPSA) is 40.0 Å². The highest BCUT2D eigenvalue weighted by Crippen LogP contribution is 2.29. The maximum Gasteiger partial charge on any atom is 0.437 e. The Morgan fingerprint density at radius 3 is 2.08 bits per heavy atom. The summed E-state index contributed by atoms with van der Waals surface area (Å²) in [5, 5.41) is 3.13. The Kier molecular flexibility index (Phi) is 12.4. The third-order valence-electron chi connectivity index (χ3n) is 5.80. The Hall–Kier alpha value is -2.96. The molecule has 0 saturated heterocycles. The molecule has 0 atom stereocenters. The zero-order valence-corrected chi connectivity index (χ0v) is 21.8. The highest BCUT2D eigenvalue weighted by Gasteiger charge is 2.37. The lowest BCUT2D eigenvalue weighted by atomic mass is 10.0. The number of alkyl halides is 3. The fourth-order valence-electron chi connectivity index (χ4n) is 3.96. The molecule has 0 bridgehead atoms. The zero-order valence-electron chi connectivity index (χ0n) is 21.8. The van der Waals surface area contributed by atoms with E-state index in [2.05, 4.69) is 9.99 Å². The molecule has 0 amide bonds. The summed E-state index contributed by atoms with van der Waals surface area (Å²) in [5.41, 5.74) is 2.18. The minimum Gasteiger partial charge on any atom is -0.493 e. The summed E-state index contributed by atoms with van der Waals surface area (Å²) in [6, 6.07) is 10.4. The van der Waals surface area contributed by atoms with Crippen molar-refractivity contribution in [2.45, 2.75) is 71.9 Å². The molecule has 0 radical (unpaired) electrons. The molecule has 0 spiro atoms. The van der Waals surface area contributed by atoms with Gasteiger partial charge in [-0.1, -0.05) is 67.3 Å². The van der Waals surface area contributed by atoms with Gasteiger partial charge in [0.1, 0.15) is 25.2 Å². The number of oxime groups is 1. The number of halogens is 3. The van der Waals surface area contributed by atoms with Crippen LogP contribution in [0.4, 0.5) is 13.2 Å². The molecule has 0 aliphatic rings. The molecule has 36 heavy (non-hydrogen) atoms. The second-order valence-electron chi connectivity index (χ2n) is 8.80. The number of benzene rings is 2. The molecule has 0 aliphatic carbocycles. The Balaban J connectivity index is 1.62. The number of hydrogen-bond donors (Lipinski definition) is 0. The second kappa shape index (κ2) is 15.2. The van der Waals surface area contributed by atoms with Gasteiger partial charge in [-0.15, -0.1) is 0 Å². The van der Waals surface area contributed by atoms with Crippen LogP contribution in [0.1, 0.15) is 67.7 Å². The Morgan fingerprint density at radius 1 is 0.889 bits per heavy atom. The van der Waals surface area contributed by atoms with Gasteiger partial charge >= 0.3 is 6.18 Å². The average molecular weight is 506 g/mol. The zero-order chi connectivity index (χ0) is 26.4. The van der Waals surface area contributed by atoms with Gasteiger partial charge in [0.25, 0.3) is 0 Å². The van der Waals surface area contributed by atoms with E-state index in [4.69, 9.17) is 9.47 Å². The fourth-order valence-corrected chi connectivity index (χ4v) is 3.96. The summed E-state index contributed by atoms with van der Waals surface area (Å²) in [7, 11) is 1.11. The molecule has 0 unspecified atom stereocenters. The summed E-state index contributed by atoms with van der Waals surface area (Å²) in [4.78, 5) is 4.35. The minimum atomic E-state index is -4.55. The quantitative estimate of drug-likeness (QED) is 0.106. The van der Waals surface area contributed by atoms with Gasteiger partial charge in [0, 0.05) is 5.56 Å². The summed E-state index contributed by atoms with van der Waals surface area (Å²) < 4.78 is 50.9. The number of unbranched alkanes of at least 4 members (excludes halogenated alkanes) is 5. The van der Waals surface area contributed by atoms with Gasteiger partial charge in [-0.2, -0.15) is 13.2 Å². The number of allylic oxidation sites excluding steroid dienone is 1. The van der Waals surface area contributed by atoms with E-state index in [-0.39, 0.29) is 5.56 Å². The van der Waals surface area contributed by atoms with Crippen molar-refractivity contribution in [1.29, 1.82) is 0 Å². The van der Waals surface area contributed by atoms with Crippen molar-refractivity contribution >= 4 is 5.71 Å². The number of ether oxygens (including phenoxy) is 2. The number of hydrogen-bond acceptors (Lipinski definition) is 4. The van der Waals surface area contributed by atoms with Gasteiger partial charge in [-0.3, -0.25) is 0 Å². The monoisotopic (exact) mass is 505 g/mol. The molecule has 2 rings (SSSR count). The predicted octanol–water partition coefficient (Wildman–Crippen LogP) is 8.13. The van der Waals surface area contributed by atoms with E-state index >= 15 is 0 Å². The van der Waals surface area contributed by atoms with Crippen LogP contribution in [0.5, 0.6) is 11.5 Å². The van der Waals surface area contributed by atoms with Crippen LogP contribution in [0, 0.1) is 13.8 Å². The van der Waals surface area contributed by atoms with Gasteiger partial charge in [0.05, 0.1) is 6.61 Å². The minimum absolute atomic E-state index is 0.00869. The number of nitrogens with zero attached hydrogens (tertiary/aromatic N) is 1. The van der Waals surface area contributed by atoms with Crippen LogP contribution in [0.25, 0.3) is 0 Å². The first-order chi connectivity index (χ1) is 17.3. The summed E-state index contributed by atoms with van der Waals surface area (Å²) in [6.45, 7) is 7.31. The molecule has 2 aromatic carbocycles. The third kappa shape index (κ3) is 9.96. The molecular formula is C29H38F3NO3. The molecule has 0 aromatic heterocycles. The van der Waals surface area contributed by atoms with Crippen molar-refractivity contribution in [2.75, 3.05) is 20.3 Å². The van der Waals surface area contributed by atoms with E-state index in [1.807, 2.05) is 45.1 Å². The van der Waals surface area contributed by atoms with Crippen molar-refractivity contribution in [2.24, 2.45) is 5.16 Å². The summed E-state index contributed by atoms with van der Waals surface area (Å²) in [6.07, 6.45) is 6.72. The molecule has 0 aliphatic heterocycles. The fraction of sp³-hybridized carbons (Fsp3) is 0.483. The SMILES string of the molecule is C/C=C/COc1cc(C)c(OCCCCCCCCc2ccc(/C(=N/OC)C(F)(F)F)cc2)c(C)c1. The normalized spacial score (nSPS) is 12.2. The van der Waals surface area contributed by atoms with E-state index in [9.17, 15) is 13.2 Å². The lowest BCUT2D eigenvalue weighted by molar-refractivity contribution is -0.0608. The van der Waals surface area contributed by atoms with Gasteiger partial charge in [-0.05, 0) is 68.9 Å². The molecular weight excluding hydrogens is 467 g/mol. The van der Waals surface area contributed by atoms with Gasteiger partial charge in [-0.25, -0.2) is 0 Å². The van der Waals surface area contributed by atoms with Crippen molar-refractivity contribution in [3.63, 3.8) is 0 Å². The van der Waals surface area contributed by atoms with Crippen molar-refractivity contribution in [3.05, 3.63) is 70.8 Å². The maximum atomic E-state index is 13.1. The molecule has 0 N–H and O–H groups in total. The number of aryl methyl sites for hydroxylation is 3. The maximum absolute atomic E-state index is 13.1. The predicted molar refractivity (Wildman–Crippen MR) is 139 cm³/mol. The van der Waals surface area contributed by atoms with Gasteiger partial charge < -0.3 is 14.3 Å². The van der Waals surface area contributed by atoms with Crippen molar-refractivity contribution < 1.29 is 27.5 Å².